The third-order valence-electron chi connectivity index (χ3n) is 5.79. The standard InChI is InChI=1S/C27H26N4O3/c1-33-22-9-5-8-20(16-22)28-27(32)29-21-10-11-24-23(17-21)26(31-12-14-34-15-13-31)18-25(30-24)19-6-3-2-4-7-19/h2-11,16-18H,12-15H2,1H3,(H2,28,29,32). The maximum Gasteiger partial charge on any atom is 0.323 e. The molecule has 2 N–H and O–H groups in total. The molecule has 34 heavy (non-hydrogen) atoms. The lowest BCUT2D eigenvalue weighted by Crippen LogP contribution is -2.36. The molecule has 5 rings (SSSR count). The van der Waals surface area contributed by atoms with Gasteiger partial charge in [0.25, 0.3) is 0 Å². The van der Waals surface area contributed by atoms with Crippen molar-refractivity contribution in [3.8, 4) is 17.0 Å². The number of pyridine rings is 1. The Kier molecular flexibility index (Phi) is 6.27. The summed E-state index contributed by atoms with van der Waals surface area (Å²) in [6.45, 7) is 2.99. The molecule has 0 radical (unpaired) electrons. The number of morpholine rings is 1. The lowest BCUT2D eigenvalue weighted by atomic mass is 10.1. The number of fused-ring (bicyclic) bond motifs is 1. The zero-order valence-corrected chi connectivity index (χ0v) is 19.0. The average Bonchev–Trinajstić information content (AvgIpc) is 2.89. The predicted molar refractivity (Wildman–Crippen MR) is 136 cm³/mol. The summed E-state index contributed by atoms with van der Waals surface area (Å²) in [5, 5.41) is 6.77. The highest BCUT2D eigenvalue weighted by Crippen LogP contribution is 2.33. The summed E-state index contributed by atoms with van der Waals surface area (Å²) in [5.74, 6) is 0.680. The second-order valence-corrected chi connectivity index (χ2v) is 8.04. The van der Waals surface area contributed by atoms with E-state index in [0.717, 1.165) is 40.9 Å². The number of nitrogens with one attached hydrogen (secondary N) is 2. The van der Waals surface area contributed by atoms with Crippen molar-refractivity contribution in [2.24, 2.45) is 0 Å². The van der Waals surface area contributed by atoms with E-state index >= 15 is 0 Å². The van der Waals surface area contributed by atoms with Crippen LogP contribution in [0.25, 0.3) is 22.2 Å². The molecule has 1 fully saturated rings. The number of carbonyl (C=O) groups is 1. The molecule has 4 aromatic rings. The quantitative estimate of drug-likeness (QED) is 0.423. The third kappa shape index (κ3) is 4.79. The summed E-state index contributed by atoms with van der Waals surface area (Å²) in [4.78, 5) is 19.9. The number of urea groups is 1. The molecule has 172 valence electrons. The summed E-state index contributed by atoms with van der Waals surface area (Å²) in [5.41, 5.74) is 5.30. The highest BCUT2D eigenvalue weighted by Gasteiger charge is 2.17. The molecule has 0 atom stereocenters. The van der Waals surface area contributed by atoms with Crippen molar-refractivity contribution < 1.29 is 14.3 Å². The van der Waals surface area contributed by atoms with Crippen LogP contribution in [0.4, 0.5) is 21.9 Å². The number of methoxy groups -OCH3 is 1. The van der Waals surface area contributed by atoms with Crippen LogP contribution in [0.15, 0.2) is 78.9 Å². The number of benzene rings is 3. The van der Waals surface area contributed by atoms with Gasteiger partial charge in [0.15, 0.2) is 0 Å². The van der Waals surface area contributed by atoms with Crippen LogP contribution in [-0.2, 0) is 4.74 Å². The number of carbonyl (C=O) groups excluding carboxylic acids is 1. The van der Waals surface area contributed by atoms with Gasteiger partial charge in [0.05, 0.1) is 31.5 Å². The van der Waals surface area contributed by atoms with Crippen LogP contribution in [0.2, 0.25) is 0 Å². The summed E-state index contributed by atoms with van der Waals surface area (Å²) in [6.07, 6.45) is 0. The van der Waals surface area contributed by atoms with Gasteiger partial charge in [-0.1, -0.05) is 36.4 Å². The Labute approximate surface area is 198 Å². The van der Waals surface area contributed by atoms with Crippen molar-refractivity contribution in [3.63, 3.8) is 0 Å². The molecular formula is C27H26N4O3. The van der Waals surface area contributed by atoms with Crippen LogP contribution < -0.4 is 20.3 Å². The van der Waals surface area contributed by atoms with Crippen molar-refractivity contribution in [3.05, 3.63) is 78.9 Å². The Morgan fingerprint density at radius 2 is 1.68 bits per heavy atom. The Balaban J connectivity index is 1.46. The van der Waals surface area contributed by atoms with E-state index in [1.165, 1.54) is 0 Å². The third-order valence-corrected chi connectivity index (χ3v) is 5.79. The van der Waals surface area contributed by atoms with Gasteiger partial charge in [0.1, 0.15) is 5.75 Å². The number of nitrogens with zero attached hydrogens (tertiary/aromatic N) is 2. The van der Waals surface area contributed by atoms with Crippen LogP contribution in [-0.4, -0.2) is 44.4 Å². The van der Waals surface area contributed by atoms with E-state index in [0.29, 0.717) is 30.3 Å². The predicted octanol–water partition coefficient (Wildman–Crippen LogP) is 5.39. The Morgan fingerprint density at radius 1 is 0.912 bits per heavy atom. The van der Waals surface area contributed by atoms with Crippen molar-refractivity contribution in [1.82, 2.24) is 4.98 Å². The van der Waals surface area contributed by atoms with Gasteiger partial charge in [-0.05, 0) is 36.4 Å². The molecule has 0 saturated carbocycles. The number of rotatable bonds is 5. The van der Waals surface area contributed by atoms with Crippen LogP contribution in [0.1, 0.15) is 0 Å². The first-order chi connectivity index (χ1) is 16.7. The molecule has 2 heterocycles. The largest absolute Gasteiger partial charge is 0.497 e. The normalized spacial score (nSPS) is 13.5. The monoisotopic (exact) mass is 454 g/mol. The molecular weight excluding hydrogens is 428 g/mol. The lowest BCUT2D eigenvalue weighted by Gasteiger charge is -2.30. The first kappa shape index (κ1) is 21.7. The molecule has 1 saturated heterocycles. The first-order valence-electron chi connectivity index (χ1n) is 11.2. The molecule has 1 aliphatic heterocycles. The number of aromatic nitrogens is 1. The molecule has 0 spiro atoms. The number of hydrogen-bond donors (Lipinski definition) is 2. The van der Waals surface area contributed by atoms with Crippen LogP contribution in [0, 0.1) is 0 Å². The fourth-order valence-corrected chi connectivity index (χ4v) is 4.10. The minimum atomic E-state index is -0.325. The van der Waals surface area contributed by atoms with Crippen molar-refractivity contribution >= 4 is 34.0 Å². The number of anilines is 3. The van der Waals surface area contributed by atoms with Gasteiger partial charge < -0.3 is 25.0 Å². The van der Waals surface area contributed by atoms with Gasteiger partial charge in [-0.15, -0.1) is 0 Å². The van der Waals surface area contributed by atoms with Gasteiger partial charge in [-0.25, -0.2) is 9.78 Å². The molecule has 2 amide bonds. The van der Waals surface area contributed by atoms with Gasteiger partial charge >= 0.3 is 6.03 Å². The smallest absolute Gasteiger partial charge is 0.323 e. The maximum atomic E-state index is 12.6. The second-order valence-electron chi connectivity index (χ2n) is 8.04. The fourth-order valence-electron chi connectivity index (χ4n) is 4.10. The summed E-state index contributed by atoms with van der Waals surface area (Å²) >= 11 is 0. The van der Waals surface area contributed by atoms with Gasteiger partial charge in [-0.3, -0.25) is 0 Å². The summed E-state index contributed by atoms with van der Waals surface area (Å²) in [7, 11) is 1.59. The molecule has 3 aromatic carbocycles. The Hall–Kier alpha value is -4.10. The molecule has 0 bridgehead atoms. The van der Waals surface area contributed by atoms with E-state index in [2.05, 4.69) is 33.7 Å². The molecule has 1 aliphatic rings. The molecule has 7 heteroatoms. The van der Waals surface area contributed by atoms with Gasteiger partial charge in [0, 0.05) is 47.2 Å². The zero-order valence-electron chi connectivity index (χ0n) is 19.0. The van der Waals surface area contributed by atoms with E-state index in [1.807, 2.05) is 54.6 Å². The van der Waals surface area contributed by atoms with Crippen LogP contribution in [0.3, 0.4) is 0 Å². The van der Waals surface area contributed by atoms with E-state index in [9.17, 15) is 4.79 Å². The van der Waals surface area contributed by atoms with Gasteiger partial charge in [0.2, 0.25) is 0 Å². The van der Waals surface area contributed by atoms with E-state index in [4.69, 9.17) is 14.5 Å². The zero-order chi connectivity index (χ0) is 23.3. The number of amides is 2. The Bertz CT molecular complexity index is 1300. The Morgan fingerprint density at radius 3 is 2.44 bits per heavy atom. The number of hydrogen-bond acceptors (Lipinski definition) is 5. The van der Waals surface area contributed by atoms with Crippen LogP contribution in [0.5, 0.6) is 5.75 Å². The minimum Gasteiger partial charge on any atom is -0.497 e. The highest BCUT2D eigenvalue weighted by molar-refractivity contribution is 6.03. The minimum absolute atomic E-state index is 0.325. The van der Waals surface area contributed by atoms with Crippen LogP contribution >= 0.6 is 0 Å². The van der Waals surface area contributed by atoms with Crippen molar-refractivity contribution in [1.29, 1.82) is 0 Å². The highest BCUT2D eigenvalue weighted by atomic mass is 16.5. The van der Waals surface area contributed by atoms with Crippen molar-refractivity contribution in [2.45, 2.75) is 0 Å². The summed E-state index contributed by atoms with van der Waals surface area (Å²) in [6, 6.07) is 25.0. The fraction of sp³-hybridized carbons (Fsp3) is 0.185. The number of ether oxygens (including phenoxy) is 2. The molecule has 0 unspecified atom stereocenters. The molecule has 1 aromatic heterocycles. The van der Waals surface area contributed by atoms with Gasteiger partial charge in [-0.2, -0.15) is 0 Å². The maximum absolute atomic E-state index is 12.6. The average molecular weight is 455 g/mol. The van der Waals surface area contributed by atoms with E-state index in [1.54, 1.807) is 13.2 Å². The van der Waals surface area contributed by atoms with E-state index in [-0.39, 0.29) is 6.03 Å². The SMILES string of the molecule is COc1cccc(NC(=O)Nc2ccc3nc(-c4ccccc4)cc(N4CCOCC4)c3c2)c1. The lowest BCUT2D eigenvalue weighted by molar-refractivity contribution is 0.123. The molecule has 7 nitrogen and oxygen atoms in total. The van der Waals surface area contributed by atoms with Crippen molar-refractivity contribution in [2.75, 3.05) is 48.9 Å². The first-order valence-corrected chi connectivity index (χ1v) is 11.2. The molecule has 0 aliphatic carbocycles. The second kappa shape index (κ2) is 9.80. The topological polar surface area (TPSA) is 75.7 Å². The van der Waals surface area contributed by atoms with E-state index < -0.39 is 0 Å². The summed E-state index contributed by atoms with van der Waals surface area (Å²) < 4.78 is 10.8.